The molecule has 8 heteroatoms. The smallest absolute Gasteiger partial charge is 0.191 e. The Balaban J connectivity index is 1.36. The molecule has 0 bridgehead atoms. The zero-order valence-electron chi connectivity index (χ0n) is 18.7. The van der Waals surface area contributed by atoms with E-state index in [0.717, 1.165) is 66.5 Å². The van der Waals surface area contributed by atoms with Gasteiger partial charge in [-0.15, -0.1) is 0 Å². The Bertz CT molecular complexity index is 1070. The zero-order chi connectivity index (χ0) is 22.3. The first kappa shape index (κ1) is 22.1. The first-order valence-electron chi connectivity index (χ1n) is 11.2. The van der Waals surface area contributed by atoms with Crippen molar-refractivity contribution in [1.29, 1.82) is 0 Å². The normalized spacial score (nSPS) is 17.0. The summed E-state index contributed by atoms with van der Waals surface area (Å²) in [5.74, 6) is 1.51. The van der Waals surface area contributed by atoms with Crippen LogP contribution in [0.25, 0.3) is 10.9 Å². The number of hydrogen-bond donors (Lipinski definition) is 3. The van der Waals surface area contributed by atoms with Crippen LogP contribution in [0.5, 0.6) is 0 Å². The number of aliphatic imine (C=N–C) groups is 1. The second-order valence-corrected chi connectivity index (χ2v) is 8.03. The maximum absolute atomic E-state index is 13.6. The summed E-state index contributed by atoms with van der Waals surface area (Å²) in [7, 11) is 0. The van der Waals surface area contributed by atoms with E-state index in [2.05, 4.69) is 38.5 Å². The maximum atomic E-state index is 13.6. The number of nitrogens with zero attached hydrogens (tertiary/aromatic N) is 3. The van der Waals surface area contributed by atoms with Gasteiger partial charge in [-0.2, -0.15) is 0 Å². The highest BCUT2D eigenvalue weighted by atomic mass is 19.1. The Morgan fingerprint density at radius 1 is 1.31 bits per heavy atom. The summed E-state index contributed by atoms with van der Waals surface area (Å²) in [5.41, 5.74) is 3.14. The summed E-state index contributed by atoms with van der Waals surface area (Å²) < 4.78 is 19.2. The second kappa shape index (κ2) is 10.5. The van der Waals surface area contributed by atoms with Crippen molar-refractivity contribution in [3.8, 4) is 0 Å². The number of anilines is 1. The van der Waals surface area contributed by atoms with Crippen molar-refractivity contribution >= 4 is 22.7 Å². The minimum atomic E-state index is -0.218. The molecule has 7 nitrogen and oxygen atoms in total. The standard InChI is InChI=1S/C24H31FN6O/c1-3-26-24(28-9-7-19-15-29-22-5-4-20(25)13-21(19)22)30-14-18-6-8-27-23(12-18)31-10-11-32-17(2)16-31/h4-6,8,12-13,15,17,29H,3,7,9-11,14,16H2,1-2H3,(H2,26,28,30). The quantitative estimate of drug-likeness (QED) is 0.390. The van der Waals surface area contributed by atoms with Crippen molar-refractivity contribution in [1.82, 2.24) is 20.6 Å². The number of aromatic nitrogens is 2. The fourth-order valence-corrected chi connectivity index (χ4v) is 3.94. The molecule has 4 rings (SSSR count). The van der Waals surface area contributed by atoms with Crippen molar-refractivity contribution in [2.45, 2.75) is 32.9 Å². The van der Waals surface area contributed by atoms with E-state index < -0.39 is 0 Å². The van der Waals surface area contributed by atoms with Gasteiger partial charge in [0.15, 0.2) is 5.96 Å². The molecular formula is C24H31FN6O. The minimum Gasteiger partial charge on any atom is -0.375 e. The van der Waals surface area contributed by atoms with Gasteiger partial charge >= 0.3 is 0 Å². The van der Waals surface area contributed by atoms with Gasteiger partial charge in [-0.05, 0) is 61.7 Å². The molecule has 3 aromatic rings. The van der Waals surface area contributed by atoms with Gasteiger partial charge in [-0.1, -0.05) is 0 Å². The second-order valence-electron chi connectivity index (χ2n) is 8.03. The van der Waals surface area contributed by atoms with Gasteiger partial charge in [0.05, 0.1) is 19.3 Å². The highest BCUT2D eigenvalue weighted by Gasteiger charge is 2.18. The third kappa shape index (κ3) is 5.56. The fourth-order valence-electron chi connectivity index (χ4n) is 3.94. The largest absolute Gasteiger partial charge is 0.375 e. The lowest BCUT2D eigenvalue weighted by molar-refractivity contribution is 0.0529. The molecular weight excluding hydrogens is 407 g/mol. The topological polar surface area (TPSA) is 77.6 Å². The summed E-state index contributed by atoms with van der Waals surface area (Å²) in [6.45, 7) is 8.59. The Labute approximate surface area is 188 Å². The number of hydrogen-bond acceptors (Lipinski definition) is 4. The van der Waals surface area contributed by atoms with Crippen molar-refractivity contribution in [3.05, 3.63) is 59.7 Å². The lowest BCUT2D eigenvalue weighted by Gasteiger charge is -2.32. The molecule has 1 fully saturated rings. The molecule has 0 saturated carbocycles. The van der Waals surface area contributed by atoms with Crippen LogP contribution in [0.3, 0.4) is 0 Å². The molecule has 1 aliphatic rings. The number of aromatic amines is 1. The average Bonchev–Trinajstić information content (AvgIpc) is 3.19. The van der Waals surface area contributed by atoms with Gasteiger partial charge in [-0.3, -0.25) is 0 Å². The van der Waals surface area contributed by atoms with Crippen molar-refractivity contribution in [3.63, 3.8) is 0 Å². The lowest BCUT2D eigenvalue weighted by Crippen LogP contribution is -2.41. The molecule has 0 aliphatic carbocycles. The van der Waals surface area contributed by atoms with Crippen LogP contribution < -0.4 is 15.5 Å². The number of pyridine rings is 1. The number of benzene rings is 1. The predicted molar refractivity (Wildman–Crippen MR) is 127 cm³/mol. The molecule has 1 atom stereocenters. The van der Waals surface area contributed by atoms with Crippen LogP contribution in [-0.4, -0.2) is 54.8 Å². The Hall–Kier alpha value is -3.13. The predicted octanol–water partition coefficient (Wildman–Crippen LogP) is 3.22. The Morgan fingerprint density at radius 3 is 3.06 bits per heavy atom. The first-order chi connectivity index (χ1) is 15.6. The van der Waals surface area contributed by atoms with Crippen LogP contribution in [0.15, 0.2) is 47.7 Å². The van der Waals surface area contributed by atoms with E-state index in [0.29, 0.717) is 13.1 Å². The monoisotopic (exact) mass is 438 g/mol. The van der Waals surface area contributed by atoms with Crippen LogP contribution in [0.2, 0.25) is 0 Å². The SMILES string of the molecule is CCNC(=NCc1ccnc(N2CCOC(C)C2)c1)NCCc1c[nH]c2ccc(F)cc12. The minimum absolute atomic E-state index is 0.213. The van der Waals surface area contributed by atoms with Gasteiger partial charge in [0, 0.05) is 49.5 Å². The number of morpholine rings is 1. The van der Waals surface area contributed by atoms with Crippen molar-refractivity contribution in [2.24, 2.45) is 4.99 Å². The zero-order valence-corrected chi connectivity index (χ0v) is 18.7. The van der Waals surface area contributed by atoms with E-state index in [4.69, 9.17) is 9.73 Å². The number of nitrogens with one attached hydrogen (secondary N) is 3. The van der Waals surface area contributed by atoms with Crippen molar-refractivity contribution in [2.75, 3.05) is 37.7 Å². The number of H-pyrrole nitrogens is 1. The van der Waals surface area contributed by atoms with Crippen LogP contribution in [0.4, 0.5) is 10.2 Å². The third-order valence-corrected chi connectivity index (χ3v) is 5.56. The van der Waals surface area contributed by atoms with Crippen LogP contribution in [0, 0.1) is 5.82 Å². The molecule has 1 unspecified atom stereocenters. The van der Waals surface area contributed by atoms with Gasteiger partial charge in [0.1, 0.15) is 11.6 Å². The molecule has 0 amide bonds. The highest BCUT2D eigenvalue weighted by Crippen LogP contribution is 2.20. The van der Waals surface area contributed by atoms with Crippen LogP contribution in [0.1, 0.15) is 25.0 Å². The van der Waals surface area contributed by atoms with E-state index in [9.17, 15) is 4.39 Å². The first-order valence-corrected chi connectivity index (χ1v) is 11.2. The lowest BCUT2D eigenvalue weighted by atomic mass is 10.1. The summed E-state index contributed by atoms with van der Waals surface area (Å²) >= 11 is 0. The maximum Gasteiger partial charge on any atom is 0.191 e. The molecule has 1 aliphatic heterocycles. The number of ether oxygens (including phenoxy) is 1. The molecule has 1 saturated heterocycles. The number of rotatable bonds is 7. The molecule has 170 valence electrons. The number of fused-ring (bicyclic) bond motifs is 1. The van der Waals surface area contributed by atoms with E-state index in [1.165, 1.54) is 6.07 Å². The number of halogens is 1. The molecule has 3 N–H and O–H groups in total. The Kier molecular flexibility index (Phi) is 7.21. The summed E-state index contributed by atoms with van der Waals surface area (Å²) in [5, 5.41) is 7.60. The Morgan fingerprint density at radius 2 is 2.22 bits per heavy atom. The molecule has 3 heterocycles. The van der Waals surface area contributed by atoms with Gasteiger partial charge in [0.2, 0.25) is 0 Å². The molecule has 32 heavy (non-hydrogen) atoms. The molecule has 1 aromatic carbocycles. The summed E-state index contributed by atoms with van der Waals surface area (Å²) in [4.78, 5) is 14.7. The van der Waals surface area contributed by atoms with Gasteiger partial charge in [-0.25, -0.2) is 14.4 Å². The highest BCUT2D eigenvalue weighted by molar-refractivity contribution is 5.83. The van der Waals surface area contributed by atoms with Crippen LogP contribution in [-0.2, 0) is 17.7 Å². The summed E-state index contributed by atoms with van der Waals surface area (Å²) in [6.07, 6.45) is 4.77. The fraction of sp³-hybridized carbons (Fsp3) is 0.417. The molecule has 0 radical (unpaired) electrons. The van der Waals surface area contributed by atoms with E-state index in [1.807, 2.05) is 25.4 Å². The van der Waals surface area contributed by atoms with E-state index in [-0.39, 0.29) is 11.9 Å². The van der Waals surface area contributed by atoms with Crippen LogP contribution >= 0.6 is 0 Å². The third-order valence-electron chi connectivity index (χ3n) is 5.56. The van der Waals surface area contributed by atoms with E-state index >= 15 is 0 Å². The number of guanidine groups is 1. The molecule has 0 spiro atoms. The molecule has 2 aromatic heterocycles. The van der Waals surface area contributed by atoms with Gasteiger partial charge < -0.3 is 25.3 Å². The van der Waals surface area contributed by atoms with Crippen molar-refractivity contribution < 1.29 is 9.13 Å². The van der Waals surface area contributed by atoms with Gasteiger partial charge in [0.25, 0.3) is 0 Å². The average molecular weight is 439 g/mol. The van der Waals surface area contributed by atoms with E-state index in [1.54, 1.807) is 12.1 Å². The summed E-state index contributed by atoms with van der Waals surface area (Å²) in [6, 6.07) is 8.93.